The number of nitro groups is 1. The van der Waals surface area contributed by atoms with Crippen molar-refractivity contribution in [2.45, 2.75) is 19.9 Å². The molecule has 6 heteroatoms. The van der Waals surface area contributed by atoms with Crippen molar-refractivity contribution in [1.82, 2.24) is 5.32 Å². The molecular weight excluding hydrogens is 296 g/mol. The van der Waals surface area contributed by atoms with Gasteiger partial charge in [-0.25, -0.2) is 0 Å². The van der Waals surface area contributed by atoms with Gasteiger partial charge in [-0.3, -0.25) is 14.9 Å². The van der Waals surface area contributed by atoms with Gasteiger partial charge in [-0.05, 0) is 31.0 Å². The highest BCUT2D eigenvalue weighted by molar-refractivity contribution is 5.78. The summed E-state index contributed by atoms with van der Waals surface area (Å²) in [6.45, 7) is 3.34. The van der Waals surface area contributed by atoms with Crippen LogP contribution in [0.15, 0.2) is 48.5 Å². The van der Waals surface area contributed by atoms with Crippen molar-refractivity contribution in [3.8, 4) is 5.75 Å². The fourth-order valence-corrected chi connectivity index (χ4v) is 2.14. The molecule has 1 amide bonds. The summed E-state index contributed by atoms with van der Waals surface area (Å²) in [4.78, 5) is 22.4. The first-order chi connectivity index (χ1) is 11.0. The summed E-state index contributed by atoms with van der Waals surface area (Å²) in [5.74, 6) is -0.251. The monoisotopic (exact) mass is 314 g/mol. The van der Waals surface area contributed by atoms with E-state index in [1.807, 2.05) is 37.3 Å². The Labute approximate surface area is 134 Å². The number of ether oxygens (including phenoxy) is 1. The Morgan fingerprint density at radius 1 is 1.26 bits per heavy atom. The first-order valence-corrected chi connectivity index (χ1v) is 7.19. The number of carbonyl (C=O) groups excluding carboxylic acids is 1. The van der Waals surface area contributed by atoms with Gasteiger partial charge >= 0.3 is 5.69 Å². The van der Waals surface area contributed by atoms with Crippen molar-refractivity contribution in [3.05, 3.63) is 69.8 Å². The highest BCUT2D eigenvalue weighted by atomic mass is 16.6. The summed E-state index contributed by atoms with van der Waals surface area (Å²) in [7, 11) is 0. The smallest absolute Gasteiger partial charge is 0.311 e. The molecule has 0 saturated heterocycles. The molecule has 0 bridgehead atoms. The number of hydrogen-bond acceptors (Lipinski definition) is 4. The lowest BCUT2D eigenvalue weighted by atomic mass is 10.1. The van der Waals surface area contributed by atoms with Crippen LogP contribution >= 0.6 is 0 Å². The topological polar surface area (TPSA) is 81.5 Å². The summed E-state index contributed by atoms with van der Waals surface area (Å²) < 4.78 is 5.30. The molecule has 0 aliphatic rings. The average molecular weight is 314 g/mol. The second-order valence-electron chi connectivity index (χ2n) is 5.22. The number of rotatable bonds is 6. The molecular formula is C17H18N2O4. The van der Waals surface area contributed by atoms with Crippen LogP contribution in [-0.4, -0.2) is 17.4 Å². The molecule has 23 heavy (non-hydrogen) atoms. The molecule has 0 aliphatic carbocycles. The van der Waals surface area contributed by atoms with E-state index in [-0.39, 0.29) is 30.0 Å². The molecule has 2 aromatic carbocycles. The maximum absolute atomic E-state index is 11.9. The zero-order chi connectivity index (χ0) is 16.8. The van der Waals surface area contributed by atoms with Crippen LogP contribution in [0.2, 0.25) is 0 Å². The van der Waals surface area contributed by atoms with Crippen LogP contribution in [-0.2, 0) is 4.79 Å². The molecule has 0 radical (unpaired) electrons. The van der Waals surface area contributed by atoms with Crippen LogP contribution in [0.1, 0.15) is 24.1 Å². The molecule has 1 N–H and O–H groups in total. The first-order valence-electron chi connectivity index (χ1n) is 7.19. The van der Waals surface area contributed by atoms with E-state index in [0.29, 0.717) is 0 Å². The van der Waals surface area contributed by atoms with Gasteiger partial charge in [0.2, 0.25) is 0 Å². The van der Waals surface area contributed by atoms with E-state index >= 15 is 0 Å². The molecule has 0 saturated carbocycles. The van der Waals surface area contributed by atoms with E-state index in [0.717, 1.165) is 11.1 Å². The molecule has 6 nitrogen and oxygen atoms in total. The largest absolute Gasteiger partial charge is 0.477 e. The maximum atomic E-state index is 11.9. The second-order valence-corrected chi connectivity index (χ2v) is 5.22. The maximum Gasteiger partial charge on any atom is 0.311 e. The van der Waals surface area contributed by atoms with Gasteiger partial charge in [0.05, 0.1) is 11.0 Å². The molecule has 0 heterocycles. The van der Waals surface area contributed by atoms with Gasteiger partial charge in [0.25, 0.3) is 5.91 Å². The van der Waals surface area contributed by atoms with E-state index in [1.54, 1.807) is 13.0 Å². The van der Waals surface area contributed by atoms with Crippen LogP contribution in [0.25, 0.3) is 0 Å². The molecule has 0 fully saturated rings. The van der Waals surface area contributed by atoms with Crippen LogP contribution in [0.3, 0.4) is 0 Å². The fourth-order valence-electron chi connectivity index (χ4n) is 2.14. The van der Waals surface area contributed by atoms with Crippen molar-refractivity contribution in [2.75, 3.05) is 6.61 Å². The number of hydrogen-bond donors (Lipinski definition) is 1. The lowest BCUT2D eigenvalue weighted by Crippen LogP contribution is -2.31. The molecule has 0 spiro atoms. The minimum absolute atomic E-state index is 0.0862. The summed E-state index contributed by atoms with van der Waals surface area (Å²) >= 11 is 0. The average Bonchev–Trinajstić information content (AvgIpc) is 2.54. The van der Waals surface area contributed by atoms with Crippen LogP contribution in [0.4, 0.5) is 5.69 Å². The van der Waals surface area contributed by atoms with E-state index < -0.39 is 4.92 Å². The van der Waals surface area contributed by atoms with Gasteiger partial charge in [-0.1, -0.05) is 36.4 Å². The van der Waals surface area contributed by atoms with E-state index in [1.165, 1.54) is 12.1 Å². The zero-order valence-corrected chi connectivity index (χ0v) is 13.0. The first kappa shape index (κ1) is 16.5. The molecule has 1 atom stereocenters. The van der Waals surface area contributed by atoms with Crippen molar-refractivity contribution in [2.24, 2.45) is 0 Å². The Bertz CT molecular complexity index is 701. The van der Waals surface area contributed by atoms with Gasteiger partial charge < -0.3 is 10.1 Å². The van der Waals surface area contributed by atoms with Gasteiger partial charge in [0.15, 0.2) is 12.4 Å². The normalized spacial score (nSPS) is 11.6. The summed E-state index contributed by atoms with van der Waals surface area (Å²) in [6, 6.07) is 14.0. The van der Waals surface area contributed by atoms with Crippen LogP contribution in [0.5, 0.6) is 5.75 Å². The Hall–Kier alpha value is -2.89. The van der Waals surface area contributed by atoms with Gasteiger partial charge in [0, 0.05) is 6.07 Å². The minimum Gasteiger partial charge on any atom is -0.477 e. The summed E-state index contributed by atoms with van der Waals surface area (Å²) in [5.41, 5.74) is 1.59. The molecule has 0 aromatic heterocycles. The predicted molar refractivity (Wildman–Crippen MR) is 86.3 cm³/mol. The minimum atomic E-state index is -0.521. The fraction of sp³-hybridized carbons (Fsp3) is 0.235. The van der Waals surface area contributed by atoms with Crippen molar-refractivity contribution in [3.63, 3.8) is 0 Å². The SMILES string of the molecule is Cc1ccc(OCC(=O)N[C@@H](C)c2ccccc2)c([N+](=O)[O-])c1. The predicted octanol–water partition coefficient (Wildman–Crippen LogP) is 3.16. The number of nitrogens with one attached hydrogen (secondary N) is 1. The van der Waals surface area contributed by atoms with E-state index in [9.17, 15) is 14.9 Å². The molecule has 0 unspecified atom stereocenters. The lowest BCUT2D eigenvalue weighted by molar-refractivity contribution is -0.385. The zero-order valence-electron chi connectivity index (χ0n) is 13.0. The Kier molecular flexibility index (Phi) is 5.30. The number of amides is 1. The number of carbonyl (C=O) groups is 1. The number of nitrogens with zero attached hydrogens (tertiary/aromatic N) is 1. The third kappa shape index (κ3) is 4.54. The standard InChI is InChI=1S/C17H18N2O4/c1-12-8-9-16(15(10-12)19(21)22)23-11-17(20)18-13(2)14-6-4-3-5-7-14/h3-10,13H,11H2,1-2H3,(H,18,20)/t13-/m0/s1. The Balaban J connectivity index is 1.96. The number of benzene rings is 2. The quantitative estimate of drug-likeness (QED) is 0.656. The highest BCUT2D eigenvalue weighted by Gasteiger charge is 2.17. The molecule has 0 aliphatic heterocycles. The van der Waals surface area contributed by atoms with Gasteiger partial charge in [-0.2, -0.15) is 0 Å². The highest BCUT2D eigenvalue weighted by Crippen LogP contribution is 2.27. The number of aryl methyl sites for hydroxylation is 1. The van der Waals surface area contributed by atoms with Crippen molar-refractivity contribution in [1.29, 1.82) is 0 Å². The summed E-state index contributed by atoms with van der Waals surface area (Å²) in [6.07, 6.45) is 0. The lowest BCUT2D eigenvalue weighted by Gasteiger charge is -2.14. The third-order valence-corrected chi connectivity index (χ3v) is 3.35. The summed E-state index contributed by atoms with van der Waals surface area (Å²) in [5, 5.41) is 13.8. The molecule has 120 valence electrons. The Morgan fingerprint density at radius 3 is 2.61 bits per heavy atom. The van der Waals surface area contributed by atoms with E-state index in [2.05, 4.69) is 5.32 Å². The van der Waals surface area contributed by atoms with Crippen LogP contribution in [0, 0.1) is 17.0 Å². The van der Waals surface area contributed by atoms with Crippen molar-refractivity contribution < 1.29 is 14.5 Å². The Morgan fingerprint density at radius 2 is 1.96 bits per heavy atom. The third-order valence-electron chi connectivity index (χ3n) is 3.35. The number of nitro benzene ring substituents is 1. The molecule has 2 aromatic rings. The molecule has 2 rings (SSSR count). The van der Waals surface area contributed by atoms with E-state index in [4.69, 9.17) is 4.74 Å². The van der Waals surface area contributed by atoms with Gasteiger partial charge in [0.1, 0.15) is 0 Å². The second kappa shape index (κ2) is 7.40. The van der Waals surface area contributed by atoms with Crippen LogP contribution < -0.4 is 10.1 Å². The van der Waals surface area contributed by atoms with Crippen molar-refractivity contribution >= 4 is 11.6 Å². The van der Waals surface area contributed by atoms with Gasteiger partial charge in [-0.15, -0.1) is 0 Å².